The van der Waals surface area contributed by atoms with Gasteiger partial charge in [0.05, 0.1) is 26.2 Å². The predicted molar refractivity (Wildman–Crippen MR) is 114 cm³/mol. The van der Waals surface area contributed by atoms with Crippen LogP contribution < -0.4 is 14.2 Å². The van der Waals surface area contributed by atoms with Gasteiger partial charge in [-0.2, -0.15) is 0 Å². The average molecular weight is 435 g/mol. The highest BCUT2D eigenvalue weighted by Crippen LogP contribution is 2.38. The molecular weight excluding hydrogens is 408 g/mol. The molecule has 2 heterocycles. The fourth-order valence-electron chi connectivity index (χ4n) is 3.50. The number of nitrogens with zero attached hydrogens (tertiary/aromatic N) is 2. The number of carbonyl (C=O) groups excluding carboxylic acids is 3. The van der Waals surface area contributed by atoms with Crippen molar-refractivity contribution in [2.75, 3.05) is 41.0 Å². The van der Waals surface area contributed by atoms with Crippen molar-refractivity contribution in [1.29, 1.82) is 0 Å². The minimum Gasteiger partial charge on any atom is -0.496 e. The highest BCUT2D eigenvalue weighted by Gasteiger charge is 2.37. The molecule has 0 radical (unpaired) electrons. The molecule has 0 unspecified atom stereocenters. The molecule has 2 aliphatic heterocycles. The Morgan fingerprint density at radius 1 is 0.967 bits per heavy atom. The van der Waals surface area contributed by atoms with Crippen LogP contribution in [0.25, 0.3) is 6.08 Å². The predicted octanol–water partition coefficient (Wildman–Crippen LogP) is 3.15. The molecule has 0 saturated carbocycles. The van der Waals surface area contributed by atoms with Gasteiger partial charge in [0.25, 0.3) is 11.1 Å². The molecule has 0 aliphatic carbocycles. The molecular formula is C21H26N2O6S. The summed E-state index contributed by atoms with van der Waals surface area (Å²) in [6.07, 6.45) is 5.67. The van der Waals surface area contributed by atoms with Gasteiger partial charge in [-0.05, 0) is 36.7 Å². The van der Waals surface area contributed by atoms with Crippen LogP contribution in [0, 0.1) is 0 Å². The van der Waals surface area contributed by atoms with Gasteiger partial charge >= 0.3 is 0 Å². The lowest BCUT2D eigenvalue weighted by Gasteiger charge is -2.22. The van der Waals surface area contributed by atoms with E-state index in [1.54, 1.807) is 23.1 Å². The average Bonchev–Trinajstić information content (AvgIpc) is 2.95. The van der Waals surface area contributed by atoms with Crippen LogP contribution in [0.2, 0.25) is 0 Å². The second kappa shape index (κ2) is 9.88. The number of amides is 3. The summed E-state index contributed by atoms with van der Waals surface area (Å²) in [5.41, 5.74) is 0.569. The molecule has 8 nitrogen and oxygen atoms in total. The van der Waals surface area contributed by atoms with Crippen molar-refractivity contribution in [3.63, 3.8) is 0 Å². The summed E-state index contributed by atoms with van der Waals surface area (Å²) >= 11 is 0.812. The molecule has 2 saturated heterocycles. The first-order valence-corrected chi connectivity index (χ1v) is 10.6. The number of hydrogen-bond acceptors (Lipinski definition) is 7. The maximum Gasteiger partial charge on any atom is 0.294 e. The van der Waals surface area contributed by atoms with Crippen molar-refractivity contribution >= 4 is 34.9 Å². The van der Waals surface area contributed by atoms with Crippen molar-refractivity contribution in [3.05, 3.63) is 22.6 Å². The van der Waals surface area contributed by atoms with E-state index in [2.05, 4.69) is 0 Å². The van der Waals surface area contributed by atoms with Crippen molar-refractivity contribution in [2.45, 2.75) is 25.7 Å². The first-order chi connectivity index (χ1) is 14.5. The van der Waals surface area contributed by atoms with Gasteiger partial charge in [0.15, 0.2) is 11.5 Å². The fraction of sp³-hybridized carbons (Fsp3) is 0.476. The van der Waals surface area contributed by atoms with E-state index < -0.39 is 11.1 Å². The van der Waals surface area contributed by atoms with E-state index in [9.17, 15) is 14.4 Å². The summed E-state index contributed by atoms with van der Waals surface area (Å²) in [6.45, 7) is 1.12. The molecule has 2 aliphatic rings. The number of benzene rings is 1. The third-order valence-corrected chi connectivity index (χ3v) is 6.06. The van der Waals surface area contributed by atoms with Gasteiger partial charge in [-0.3, -0.25) is 19.3 Å². The lowest BCUT2D eigenvalue weighted by atomic mass is 10.1. The Kier molecular flexibility index (Phi) is 7.25. The lowest BCUT2D eigenvalue weighted by Crippen LogP contribution is -2.42. The molecule has 0 N–H and O–H groups in total. The highest BCUT2D eigenvalue weighted by molar-refractivity contribution is 8.18. The summed E-state index contributed by atoms with van der Waals surface area (Å²) < 4.78 is 16.0. The minimum atomic E-state index is -0.481. The topological polar surface area (TPSA) is 85.4 Å². The van der Waals surface area contributed by atoms with E-state index in [-0.39, 0.29) is 17.4 Å². The summed E-state index contributed by atoms with van der Waals surface area (Å²) in [5, 5.41) is -0.450. The van der Waals surface area contributed by atoms with Crippen molar-refractivity contribution in [1.82, 2.24) is 9.80 Å². The van der Waals surface area contributed by atoms with Gasteiger partial charge in [-0.15, -0.1) is 0 Å². The van der Waals surface area contributed by atoms with Crippen LogP contribution in [0.5, 0.6) is 17.2 Å². The Labute approximate surface area is 180 Å². The maximum atomic E-state index is 12.8. The zero-order valence-corrected chi connectivity index (χ0v) is 18.3. The third kappa shape index (κ3) is 4.72. The summed E-state index contributed by atoms with van der Waals surface area (Å²) in [5.74, 6) is 0.761. The number of rotatable bonds is 6. The molecule has 3 amide bonds. The van der Waals surface area contributed by atoms with Crippen molar-refractivity contribution < 1.29 is 28.6 Å². The number of carbonyl (C=O) groups is 3. The molecule has 1 aromatic carbocycles. The number of hydrogen-bond donors (Lipinski definition) is 0. The van der Waals surface area contributed by atoms with E-state index in [0.717, 1.165) is 42.3 Å². The molecule has 0 spiro atoms. The van der Waals surface area contributed by atoms with Crippen LogP contribution in [0.1, 0.15) is 31.2 Å². The Morgan fingerprint density at radius 3 is 2.17 bits per heavy atom. The van der Waals surface area contributed by atoms with Crippen LogP contribution in [0.15, 0.2) is 17.0 Å². The molecule has 0 aromatic heterocycles. The second-order valence-electron chi connectivity index (χ2n) is 7.01. The summed E-state index contributed by atoms with van der Waals surface area (Å²) in [6, 6.07) is 3.33. The highest BCUT2D eigenvalue weighted by atomic mass is 32.2. The molecule has 0 bridgehead atoms. The van der Waals surface area contributed by atoms with E-state index >= 15 is 0 Å². The Bertz CT molecular complexity index is 861. The summed E-state index contributed by atoms with van der Waals surface area (Å²) in [7, 11) is 4.53. The maximum absolute atomic E-state index is 12.8. The van der Waals surface area contributed by atoms with Crippen LogP contribution in [0.4, 0.5) is 4.79 Å². The molecule has 3 rings (SSSR count). The summed E-state index contributed by atoms with van der Waals surface area (Å²) in [4.78, 5) is 40.9. The van der Waals surface area contributed by atoms with Crippen LogP contribution in [-0.2, 0) is 9.59 Å². The Morgan fingerprint density at radius 2 is 1.57 bits per heavy atom. The third-order valence-electron chi connectivity index (χ3n) is 5.15. The first kappa shape index (κ1) is 22.0. The van der Waals surface area contributed by atoms with Gasteiger partial charge < -0.3 is 19.1 Å². The quantitative estimate of drug-likeness (QED) is 0.636. The number of imide groups is 1. The van der Waals surface area contributed by atoms with E-state index in [1.165, 1.54) is 21.3 Å². The number of thioether (sulfide) groups is 1. The van der Waals surface area contributed by atoms with Crippen LogP contribution in [-0.4, -0.2) is 67.8 Å². The van der Waals surface area contributed by atoms with Gasteiger partial charge in [-0.25, -0.2) is 0 Å². The van der Waals surface area contributed by atoms with Crippen LogP contribution >= 0.6 is 11.8 Å². The second-order valence-corrected chi connectivity index (χ2v) is 8.01. The van der Waals surface area contributed by atoms with Crippen molar-refractivity contribution in [2.24, 2.45) is 0 Å². The first-order valence-electron chi connectivity index (χ1n) is 9.81. The largest absolute Gasteiger partial charge is 0.496 e. The molecule has 30 heavy (non-hydrogen) atoms. The number of likely N-dealkylation sites (tertiary alicyclic amines) is 1. The SMILES string of the molecule is COc1cc(OC)c(OC)cc1/C=C1\SC(=O)N(CC(=O)N2CCCCCC2)C1=O. The Hall–Kier alpha value is -2.68. The molecule has 0 atom stereocenters. The van der Waals surface area contributed by atoms with E-state index in [4.69, 9.17) is 14.2 Å². The fourth-order valence-corrected chi connectivity index (χ4v) is 4.33. The molecule has 1 aromatic rings. The smallest absolute Gasteiger partial charge is 0.294 e. The number of ether oxygens (including phenoxy) is 3. The van der Waals surface area contributed by atoms with Crippen molar-refractivity contribution in [3.8, 4) is 17.2 Å². The lowest BCUT2D eigenvalue weighted by molar-refractivity contribution is -0.135. The minimum absolute atomic E-state index is 0.191. The van der Waals surface area contributed by atoms with Gasteiger partial charge in [0.2, 0.25) is 5.91 Å². The van der Waals surface area contributed by atoms with E-state index in [1.807, 2.05) is 0 Å². The molecule has 2 fully saturated rings. The Balaban J connectivity index is 1.80. The molecule has 9 heteroatoms. The van der Waals surface area contributed by atoms with Gasteiger partial charge in [0, 0.05) is 24.7 Å². The molecule has 162 valence electrons. The zero-order chi connectivity index (χ0) is 21.7. The monoisotopic (exact) mass is 434 g/mol. The van der Waals surface area contributed by atoms with E-state index in [0.29, 0.717) is 35.9 Å². The number of methoxy groups -OCH3 is 3. The zero-order valence-electron chi connectivity index (χ0n) is 17.4. The van der Waals surface area contributed by atoms with Gasteiger partial charge in [-0.1, -0.05) is 12.8 Å². The van der Waals surface area contributed by atoms with Gasteiger partial charge in [0.1, 0.15) is 12.3 Å². The standard InChI is InChI=1S/C21H26N2O6S/c1-27-15-12-17(29-3)16(28-2)10-14(15)11-18-20(25)23(21(26)30-18)13-19(24)22-8-6-4-5-7-9-22/h10-12H,4-9,13H2,1-3H3/b18-11-. The normalized spacial score (nSPS) is 18.6. The van der Waals surface area contributed by atoms with Crippen LogP contribution in [0.3, 0.4) is 0 Å².